The lowest BCUT2D eigenvalue weighted by molar-refractivity contribution is 0.0728. The molecule has 0 atom stereocenters. The van der Waals surface area contributed by atoms with Crippen LogP contribution in [-0.2, 0) is 6.42 Å². The van der Waals surface area contributed by atoms with Crippen molar-refractivity contribution in [2.75, 3.05) is 6.61 Å². The maximum atomic E-state index is 14.8. The lowest BCUT2D eigenvalue weighted by Crippen LogP contribution is -2.12. The van der Waals surface area contributed by atoms with Gasteiger partial charge in [0.25, 0.3) is 0 Å². The van der Waals surface area contributed by atoms with Crippen molar-refractivity contribution >= 4 is 5.97 Å². The molecule has 1 fully saturated rings. The number of esters is 1. The number of aromatic nitrogens is 2. The van der Waals surface area contributed by atoms with Gasteiger partial charge in [-0.25, -0.2) is 19.2 Å². The third-order valence-corrected chi connectivity index (χ3v) is 9.08. The van der Waals surface area contributed by atoms with Gasteiger partial charge in [-0.15, -0.1) is 0 Å². The van der Waals surface area contributed by atoms with E-state index in [4.69, 9.17) is 9.47 Å². The van der Waals surface area contributed by atoms with Crippen molar-refractivity contribution in [1.29, 1.82) is 0 Å². The fourth-order valence-electron chi connectivity index (χ4n) is 5.92. The van der Waals surface area contributed by atoms with Gasteiger partial charge in [-0.1, -0.05) is 116 Å². The summed E-state index contributed by atoms with van der Waals surface area (Å²) in [5, 5.41) is 0. The third kappa shape index (κ3) is 13.4. The monoisotopic (exact) mass is 648 g/mol. The second-order valence-electron chi connectivity index (χ2n) is 13.2. The lowest BCUT2D eigenvalue weighted by Gasteiger charge is -2.10. The molecule has 1 saturated carbocycles. The molecule has 2 aromatic carbocycles. The van der Waals surface area contributed by atoms with Crippen LogP contribution in [0.25, 0.3) is 11.4 Å². The van der Waals surface area contributed by atoms with Gasteiger partial charge in [-0.2, -0.15) is 4.39 Å². The first-order valence-corrected chi connectivity index (χ1v) is 18.3. The summed E-state index contributed by atoms with van der Waals surface area (Å²) in [6.45, 7) is 2.56. The van der Waals surface area contributed by atoms with E-state index in [1.54, 1.807) is 24.3 Å². The Bertz CT molecular complexity index is 1330. The third-order valence-electron chi connectivity index (χ3n) is 9.08. The molecule has 0 unspecified atom stereocenters. The summed E-state index contributed by atoms with van der Waals surface area (Å²) in [4.78, 5) is 21.7. The Balaban J connectivity index is 1.14. The van der Waals surface area contributed by atoms with E-state index in [9.17, 15) is 13.6 Å². The van der Waals surface area contributed by atoms with Gasteiger partial charge in [0.2, 0.25) is 5.82 Å². The van der Waals surface area contributed by atoms with Gasteiger partial charge < -0.3 is 9.47 Å². The molecular formula is C40H54F2N2O3. The SMILES string of the molecule is CCCCCCCCCCCCc1cnc(-c2ccc(OC(=O)c3ccc(OCCCCCCCCC4CC4)c(F)c3F)cc2)nc1. The van der Waals surface area contributed by atoms with Crippen molar-refractivity contribution in [1.82, 2.24) is 9.97 Å². The minimum absolute atomic E-state index is 0.192. The molecule has 7 heteroatoms. The highest BCUT2D eigenvalue weighted by molar-refractivity contribution is 5.91. The summed E-state index contributed by atoms with van der Waals surface area (Å²) in [6, 6.07) is 9.15. The van der Waals surface area contributed by atoms with Crippen LogP contribution in [0.15, 0.2) is 48.8 Å². The predicted octanol–water partition coefficient (Wildman–Crippen LogP) is 11.6. The lowest BCUT2D eigenvalue weighted by atomic mass is 10.0. The Morgan fingerprint density at radius 3 is 1.96 bits per heavy atom. The van der Waals surface area contributed by atoms with E-state index in [0.717, 1.165) is 49.1 Å². The number of hydrogen-bond donors (Lipinski definition) is 0. The molecule has 0 aliphatic heterocycles. The van der Waals surface area contributed by atoms with E-state index in [1.807, 2.05) is 12.4 Å². The van der Waals surface area contributed by atoms with Crippen LogP contribution < -0.4 is 9.47 Å². The van der Waals surface area contributed by atoms with E-state index in [-0.39, 0.29) is 11.5 Å². The number of ether oxygens (including phenoxy) is 2. The molecule has 4 rings (SSSR count). The van der Waals surface area contributed by atoms with Gasteiger partial charge in [-0.05, 0) is 67.1 Å². The van der Waals surface area contributed by atoms with Gasteiger partial charge in [0, 0.05) is 18.0 Å². The normalized spacial score (nSPS) is 12.7. The zero-order valence-electron chi connectivity index (χ0n) is 28.4. The fraction of sp³-hybridized carbons (Fsp3) is 0.575. The van der Waals surface area contributed by atoms with E-state index >= 15 is 0 Å². The van der Waals surface area contributed by atoms with Gasteiger partial charge in [0.1, 0.15) is 5.75 Å². The van der Waals surface area contributed by atoms with Gasteiger partial charge in [0.05, 0.1) is 12.2 Å². The molecule has 0 N–H and O–H groups in total. The van der Waals surface area contributed by atoms with Crippen LogP contribution in [0.2, 0.25) is 0 Å². The largest absolute Gasteiger partial charge is 0.490 e. The van der Waals surface area contributed by atoms with E-state index < -0.39 is 23.2 Å². The Kier molecular flexibility index (Phi) is 16.1. The number of benzene rings is 2. The molecule has 0 bridgehead atoms. The smallest absolute Gasteiger partial charge is 0.346 e. The number of nitrogens with zero attached hydrogens (tertiary/aromatic N) is 2. The highest BCUT2D eigenvalue weighted by Gasteiger charge is 2.22. The summed E-state index contributed by atoms with van der Waals surface area (Å²) in [6.07, 6.45) is 28.7. The van der Waals surface area contributed by atoms with Gasteiger partial charge in [-0.3, -0.25) is 0 Å². The Morgan fingerprint density at radius 2 is 1.32 bits per heavy atom. The number of unbranched alkanes of at least 4 members (excludes halogenated alkanes) is 14. The number of carbonyl (C=O) groups excluding carboxylic acids is 1. The van der Waals surface area contributed by atoms with E-state index in [1.165, 1.54) is 108 Å². The van der Waals surface area contributed by atoms with Gasteiger partial charge >= 0.3 is 5.97 Å². The van der Waals surface area contributed by atoms with Crippen LogP contribution in [0.5, 0.6) is 11.5 Å². The fourth-order valence-corrected chi connectivity index (χ4v) is 5.92. The number of aryl methyl sites for hydroxylation is 1. The number of hydrogen-bond acceptors (Lipinski definition) is 5. The molecule has 3 aromatic rings. The van der Waals surface area contributed by atoms with Crippen LogP contribution in [0.4, 0.5) is 8.78 Å². The molecule has 0 radical (unpaired) electrons. The van der Waals surface area contributed by atoms with Crippen molar-refractivity contribution < 1.29 is 23.0 Å². The molecular weight excluding hydrogens is 594 g/mol. The maximum absolute atomic E-state index is 14.8. The zero-order valence-corrected chi connectivity index (χ0v) is 28.4. The first-order valence-electron chi connectivity index (χ1n) is 18.3. The molecule has 5 nitrogen and oxygen atoms in total. The second-order valence-corrected chi connectivity index (χ2v) is 13.2. The molecule has 1 heterocycles. The summed E-state index contributed by atoms with van der Waals surface area (Å²) >= 11 is 0. The van der Waals surface area contributed by atoms with Crippen molar-refractivity contribution in [3.8, 4) is 22.9 Å². The summed E-state index contributed by atoms with van der Waals surface area (Å²) in [7, 11) is 0. The zero-order chi connectivity index (χ0) is 33.1. The van der Waals surface area contributed by atoms with Crippen LogP contribution >= 0.6 is 0 Å². The van der Waals surface area contributed by atoms with Crippen LogP contribution in [0.3, 0.4) is 0 Å². The average molecular weight is 649 g/mol. The van der Waals surface area contributed by atoms with E-state index in [2.05, 4.69) is 16.9 Å². The minimum Gasteiger partial charge on any atom is -0.490 e. The highest BCUT2D eigenvalue weighted by atomic mass is 19.2. The van der Waals surface area contributed by atoms with Crippen molar-refractivity contribution in [2.45, 2.75) is 135 Å². The Hall–Kier alpha value is -3.35. The molecule has 1 aliphatic carbocycles. The summed E-state index contributed by atoms with van der Waals surface area (Å²) < 4.78 is 40.2. The highest BCUT2D eigenvalue weighted by Crippen LogP contribution is 2.34. The predicted molar refractivity (Wildman–Crippen MR) is 185 cm³/mol. The van der Waals surface area contributed by atoms with Crippen LogP contribution in [0, 0.1) is 17.6 Å². The van der Waals surface area contributed by atoms with Crippen LogP contribution in [-0.4, -0.2) is 22.5 Å². The van der Waals surface area contributed by atoms with Crippen molar-refractivity contribution in [3.05, 3.63) is 71.6 Å². The summed E-state index contributed by atoms with van der Waals surface area (Å²) in [5.41, 5.74) is 1.41. The Morgan fingerprint density at radius 1 is 0.723 bits per heavy atom. The quantitative estimate of drug-likeness (QED) is 0.0549. The number of halogens is 2. The number of rotatable bonds is 24. The molecule has 1 aromatic heterocycles. The van der Waals surface area contributed by atoms with Gasteiger partial charge in [0.15, 0.2) is 17.4 Å². The average Bonchev–Trinajstić information content (AvgIpc) is 3.92. The molecule has 0 amide bonds. The topological polar surface area (TPSA) is 61.3 Å². The minimum atomic E-state index is -1.27. The maximum Gasteiger partial charge on any atom is 0.346 e. The van der Waals surface area contributed by atoms with Crippen molar-refractivity contribution in [3.63, 3.8) is 0 Å². The van der Waals surface area contributed by atoms with E-state index in [0.29, 0.717) is 12.4 Å². The number of carbonyl (C=O) groups is 1. The second kappa shape index (κ2) is 20.8. The first kappa shape index (κ1) is 36.5. The standard InChI is InChI=1S/C40H54F2N2O3/c1-2-3-4-5-6-7-8-9-13-16-19-32-29-43-39(44-30-32)33-22-24-34(25-23-33)47-40(45)35-26-27-36(38(42)37(35)41)46-28-17-14-11-10-12-15-18-31-20-21-31/h22-27,29-31H,2-21,28H2,1H3. The first-order chi connectivity index (χ1) is 23.0. The summed E-state index contributed by atoms with van der Waals surface area (Å²) in [5.74, 6) is -1.84. The molecule has 256 valence electrons. The van der Waals surface area contributed by atoms with Crippen LogP contribution in [0.1, 0.15) is 145 Å². The van der Waals surface area contributed by atoms with Crippen molar-refractivity contribution in [2.24, 2.45) is 5.92 Å². The Labute approximate surface area is 280 Å². The molecule has 0 saturated heterocycles. The molecule has 47 heavy (non-hydrogen) atoms. The molecule has 1 aliphatic rings. The molecule has 0 spiro atoms.